The molecule has 1 N–H and O–H groups in total. The highest BCUT2D eigenvalue weighted by Crippen LogP contribution is 2.43. The summed E-state index contributed by atoms with van der Waals surface area (Å²) in [6.45, 7) is 0. The molecule has 1 aromatic heterocycles. The van der Waals surface area contributed by atoms with Crippen LogP contribution in [0, 0.1) is 0 Å². The molecule has 0 spiro atoms. The molecule has 0 atom stereocenters. The number of carboxylic acid groups (broad SMARTS) is 1. The van der Waals surface area contributed by atoms with Crippen molar-refractivity contribution in [3.63, 3.8) is 0 Å². The summed E-state index contributed by atoms with van der Waals surface area (Å²) in [5.41, 5.74) is 2.08. The van der Waals surface area contributed by atoms with Crippen molar-refractivity contribution in [3.05, 3.63) is 29.5 Å². The third-order valence-corrected chi connectivity index (χ3v) is 3.11. The first-order valence-electron chi connectivity index (χ1n) is 5.37. The van der Waals surface area contributed by atoms with Gasteiger partial charge in [0.25, 0.3) is 0 Å². The summed E-state index contributed by atoms with van der Waals surface area (Å²) in [6.07, 6.45) is 2.37. The largest absolute Gasteiger partial charge is 0.478 e. The van der Waals surface area contributed by atoms with Crippen molar-refractivity contribution in [1.82, 2.24) is 9.78 Å². The summed E-state index contributed by atoms with van der Waals surface area (Å²) < 4.78 is 1.83. The van der Waals surface area contributed by atoms with Gasteiger partial charge in [0, 0.05) is 24.0 Å². The number of aromatic carboxylic acids is 1. The van der Waals surface area contributed by atoms with Gasteiger partial charge in [-0.15, -0.1) is 0 Å². The molecule has 0 amide bonds. The zero-order valence-electron chi connectivity index (χ0n) is 8.97. The Hall–Kier alpha value is -1.84. The number of aryl methyl sites for hydroxylation is 1. The molecule has 0 aliphatic heterocycles. The highest BCUT2D eigenvalue weighted by Gasteiger charge is 2.29. The Morgan fingerprint density at radius 1 is 1.50 bits per heavy atom. The monoisotopic (exact) mass is 216 g/mol. The first-order valence-corrected chi connectivity index (χ1v) is 5.37. The summed E-state index contributed by atoms with van der Waals surface area (Å²) in [4.78, 5) is 11.1. The second-order valence-electron chi connectivity index (χ2n) is 4.29. The Labute approximate surface area is 92.5 Å². The minimum Gasteiger partial charge on any atom is -0.478 e. The number of benzene rings is 1. The van der Waals surface area contributed by atoms with E-state index in [-0.39, 0.29) is 0 Å². The zero-order valence-corrected chi connectivity index (χ0v) is 8.97. The Kier molecular flexibility index (Phi) is 1.80. The van der Waals surface area contributed by atoms with Gasteiger partial charge in [-0.3, -0.25) is 4.68 Å². The van der Waals surface area contributed by atoms with E-state index in [1.54, 1.807) is 12.1 Å². The topological polar surface area (TPSA) is 55.1 Å². The average molecular weight is 216 g/mol. The van der Waals surface area contributed by atoms with Gasteiger partial charge in [0.15, 0.2) is 0 Å². The summed E-state index contributed by atoms with van der Waals surface area (Å²) in [6, 6.07) is 5.36. The first-order chi connectivity index (χ1) is 7.68. The maximum absolute atomic E-state index is 11.1. The molecule has 1 saturated carbocycles. The van der Waals surface area contributed by atoms with Crippen LogP contribution in [-0.2, 0) is 7.05 Å². The predicted octanol–water partition coefficient (Wildman–Crippen LogP) is 2.15. The number of hydrogen-bond acceptors (Lipinski definition) is 2. The van der Waals surface area contributed by atoms with Crippen LogP contribution in [0.5, 0.6) is 0 Å². The SMILES string of the molecule is Cn1nc2c(C(=O)O)cccc2c1C1CC1. The van der Waals surface area contributed by atoms with E-state index in [0.717, 1.165) is 5.39 Å². The molecule has 0 unspecified atom stereocenters. The number of carbonyl (C=O) groups is 1. The van der Waals surface area contributed by atoms with Crippen LogP contribution in [0.1, 0.15) is 34.8 Å². The lowest BCUT2D eigenvalue weighted by Gasteiger charge is -1.98. The molecule has 1 aliphatic carbocycles. The average Bonchev–Trinajstić information content (AvgIpc) is 3.00. The van der Waals surface area contributed by atoms with Crippen molar-refractivity contribution in [2.75, 3.05) is 0 Å². The number of aromatic nitrogens is 2. The zero-order chi connectivity index (χ0) is 11.3. The number of carboxylic acids is 1. The van der Waals surface area contributed by atoms with Crippen LogP contribution in [0.4, 0.5) is 0 Å². The molecule has 0 radical (unpaired) electrons. The molecule has 4 nitrogen and oxygen atoms in total. The summed E-state index contributed by atoms with van der Waals surface area (Å²) in [7, 11) is 1.89. The Morgan fingerprint density at radius 2 is 2.25 bits per heavy atom. The minimum absolute atomic E-state index is 0.292. The van der Waals surface area contributed by atoms with Gasteiger partial charge in [0.1, 0.15) is 5.52 Å². The first kappa shape index (κ1) is 9.39. The van der Waals surface area contributed by atoms with Crippen LogP contribution in [0.15, 0.2) is 18.2 Å². The van der Waals surface area contributed by atoms with Crippen molar-refractivity contribution in [2.24, 2.45) is 7.05 Å². The molecule has 1 aromatic carbocycles. The molecule has 1 aliphatic rings. The van der Waals surface area contributed by atoms with E-state index >= 15 is 0 Å². The van der Waals surface area contributed by atoms with Crippen molar-refractivity contribution in [1.29, 1.82) is 0 Å². The number of hydrogen-bond donors (Lipinski definition) is 1. The van der Waals surface area contributed by atoms with E-state index in [9.17, 15) is 4.79 Å². The van der Waals surface area contributed by atoms with Crippen LogP contribution in [-0.4, -0.2) is 20.9 Å². The van der Waals surface area contributed by atoms with Gasteiger partial charge >= 0.3 is 5.97 Å². The van der Waals surface area contributed by atoms with Crippen LogP contribution < -0.4 is 0 Å². The van der Waals surface area contributed by atoms with Gasteiger partial charge in [-0.25, -0.2) is 4.79 Å². The molecule has 16 heavy (non-hydrogen) atoms. The maximum Gasteiger partial charge on any atom is 0.337 e. The minimum atomic E-state index is -0.911. The van der Waals surface area contributed by atoms with Crippen molar-refractivity contribution in [2.45, 2.75) is 18.8 Å². The van der Waals surface area contributed by atoms with E-state index in [1.807, 2.05) is 17.8 Å². The van der Waals surface area contributed by atoms with Gasteiger partial charge in [-0.2, -0.15) is 5.10 Å². The fraction of sp³-hybridized carbons (Fsp3) is 0.333. The van der Waals surface area contributed by atoms with Gasteiger partial charge < -0.3 is 5.11 Å². The third-order valence-electron chi connectivity index (χ3n) is 3.11. The fourth-order valence-corrected chi connectivity index (χ4v) is 2.25. The summed E-state index contributed by atoms with van der Waals surface area (Å²) in [5.74, 6) is -0.343. The molecule has 1 heterocycles. The lowest BCUT2D eigenvalue weighted by molar-refractivity contribution is 0.0699. The number of fused-ring (bicyclic) bond motifs is 1. The lowest BCUT2D eigenvalue weighted by Crippen LogP contribution is -1.97. The molecular formula is C12H12N2O2. The van der Waals surface area contributed by atoms with Gasteiger partial charge in [-0.05, 0) is 18.9 Å². The Bertz CT molecular complexity index is 582. The van der Waals surface area contributed by atoms with Crippen molar-refractivity contribution in [3.8, 4) is 0 Å². The number of rotatable bonds is 2. The molecule has 82 valence electrons. The molecule has 0 saturated heterocycles. The molecular weight excluding hydrogens is 204 g/mol. The van der Waals surface area contributed by atoms with Crippen LogP contribution in [0.3, 0.4) is 0 Å². The smallest absolute Gasteiger partial charge is 0.337 e. The van der Waals surface area contributed by atoms with Gasteiger partial charge in [0.05, 0.1) is 5.56 Å². The highest BCUT2D eigenvalue weighted by molar-refractivity contribution is 6.02. The normalized spacial score (nSPS) is 15.6. The molecule has 3 rings (SSSR count). The summed E-state index contributed by atoms with van der Waals surface area (Å²) in [5, 5.41) is 14.4. The Morgan fingerprint density at radius 3 is 2.88 bits per heavy atom. The standard InChI is InChI=1S/C12H12N2O2/c1-14-11(7-5-6-7)8-3-2-4-9(12(15)16)10(8)13-14/h2-4,7H,5-6H2,1H3,(H,15,16). The van der Waals surface area contributed by atoms with Gasteiger partial charge in [0.2, 0.25) is 0 Å². The van der Waals surface area contributed by atoms with E-state index < -0.39 is 5.97 Å². The van der Waals surface area contributed by atoms with E-state index in [4.69, 9.17) is 5.11 Å². The second kappa shape index (κ2) is 3.07. The second-order valence-corrected chi connectivity index (χ2v) is 4.29. The van der Waals surface area contributed by atoms with E-state index in [1.165, 1.54) is 18.5 Å². The highest BCUT2D eigenvalue weighted by atomic mass is 16.4. The van der Waals surface area contributed by atoms with Crippen LogP contribution in [0.25, 0.3) is 10.9 Å². The van der Waals surface area contributed by atoms with Crippen molar-refractivity contribution < 1.29 is 9.90 Å². The quantitative estimate of drug-likeness (QED) is 0.836. The number of nitrogens with zero attached hydrogens (tertiary/aromatic N) is 2. The lowest BCUT2D eigenvalue weighted by atomic mass is 10.1. The fourth-order valence-electron chi connectivity index (χ4n) is 2.25. The van der Waals surface area contributed by atoms with E-state index in [2.05, 4.69) is 5.10 Å². The molecule has 4 heteroatoms. The molecule has 0 bridgehead atoms. The van der Waals surface area contributed by atoms with Crippen molar-refractivity contribution >= 4 is 16.9 Å². The molecule has 2 aromatic rings. The van der Waals surface area contributed by atoms with E-state index in [0.29, 0.717) is 17.0 Å². The predicted molar refractivity (Wildman–Crippen MR) is 59.6 cm³/mol. The molecule has 1 fully saturated rings. The third kappa shape index (κ3) is 1.23. The van der Waals surface area contributed by atoms with Crippen LogP contribution in [0.2, 0.25) is 0 Å². The Balaban J connectivity index is 2.33. The maximum atomic E-state index is 11.1. The summed E-state index contributed by atoms with van der Waals surface area (Å²) >= 11 is 0. The van der Waals surface area contributed by atoms with Crippen LogP contribution >= 0.6 is 0 Å². The van der Waals surface area contributed by atoms with Gasteiger partial charge in [-0.1, -0.05) is 12.1 Å².